The molecule has 3 heterocycles. The number of pyridine rings is 1. The van der Waals surface area contributed by atoms with E-state index in [-0.39, 0.29) is 0 Å². The zero-order valence-electron chi connectivity index (χ0n) is 36.5. The fourth-order valence-corrected chi connectivity index (χ4v) is 9.93. The Morgan fingerprint density at radius 3 is 1.19 bits per heavy atom. The van der Waals surface area contributed by atoms with Crippen molar-refractivity contribution in [2.45, 2.75) is 0 Å². The molecule has 314 valence electrons. The maximum Gasteiger partial charge on any atom is 0.0998 e. The van der Waals surface area contributed by atoms with Crippen molar-refractivity contribution < 1.29 is 0 Å². The van der Waals surface area contributed by atoms with Crippen molar-refractivity contribution in [3.05, 3.63) is 235 Å². The third-order valence-electron chi connectivity index (χ3n) is 13.1. The van der Waals surface area contributed by atoms with E-state index in [1.165, 1.54) is 0 Å². The van der Waals surface area contributed by atoms with Crippen LogP contribution in [0, 0.1) is 34.0 Å². The molecule has 0 saturated carbocycles. The van der Waals surface area contributed by atoms with E-state index < -0.39 is 0 Å². The highest BCUT2D eigenvalue weighted by atomic mass is 15.1. The molecule has 0 unspecified atom stereocenters. The lowest BCUT2D eigenvalue weighted by atomic mass is 9.95. The molecule has 0 amide bonds. The van der Waals surface area contributed by atoms with E-state index >= 15 is 0 Å². The van der Waals surface area contributed by atoms with E-state index in [1.54, 1.807) is 0 Å². The molecule has 12 rings (SSSR count). The lowest BCUT2D eigenvalue weighted by Gasteiger charge is -2.20. The topological polar surface area (TPSA) is 94.1 Å². The Labute approximate surface area is 392 Å². The first-order valence-electron chi connectivity index (χ1n) is 22.4. The van der Waals surface area contributed by atoms with Crippen LogP contribution in [0.2, 0.25) is 0 Å². The zero-order valence-corrected chi connectivity index (χ0v) is 36.5. The minimum absolute atomic E-state index is 0.509. The van der Waals surface area contributed by atoms with Crippen LogP contribution >= 0.6 is 0 Å². The minimum Gasteiger partial charge on any atom is -0.307 e. The van der Waals surface area contributed by atoms with Gasteiger partial charge >= 0.3 is 0 Å². The summed E-state index contributed by atoms with van der Waals surface area (Å²) in [5.41, 5.74) is 16.1. The van der Waals surface area contributed by atoms with Gasteiger partial charge in [-0.2, -0.15) is 15.8 Å². The van der Waals surface area contributed by atoms with Crippen molar-refractivity contribution in [3.8, 4) is 85.5 Å². The van der Waals surface area contributed by atoms with E-state index in [1.807, 2.05) is 91.0 Å². The molecule has 3 aromatic heterocycles. The van der Waals surface area contributed by atoms with Gasteiger partial charge in [-0.05, 0) is 101 Å². The molecule has 68 heavy (non-hydrogen) atoms. The predicted molar refractivity (Wildman–Crippen MR) is 274 cm³/mol. The Morgan fingerprint density at radius 1 is 0.294 bits per heavy atom. The Bertz CT molecular complexity index is 4060. The minimum atomic E-state index is 0.509. The van der Waals surface area contributed by atoms with Crippen molar-refractivity contribution in [2.24, 2.45) is 0 Å². The van der Waals surface area contributed by atoms with E-state index in [4.69, 9.17) is 4.98 Å². The van der Waals surface area contributed by atoms with Gasteiger partial charge in [0.2, 0.25) is 0 Å². The number of hydrogen-bond donors (Lipinski definition) is 0. The Balaban J connectivity index is 1.19. The van der Waals surface area contributed by atoms with Crippen LogP contribution in [-0.2, 0) is 0 Å². The van der Waals surface area contributed by atoms with E-state index in [0.717, 1.165) is 111 Å². The number of nitrogens with zero attached hydrogens (tertiary/aromatic N) is 6. The van der Waals surface area contributed by atoms with Crippen LogP contribution in [0.15, 0.2) is 218 Å². The molecule has 0 atom stereocenters. The molecule has 0 spiro atoms. The summed E-state index contributed by atoms with van der Waals surface area (Å²) in [7, 11) is 0. The summed E-state index contributed by atoms with van der Waals surface area (Å²) >= 11 is 0. The molecule has 0 bridgehead atoms. The van der Waals surface area contributed by atoms with Gasteiger partial charge in [-0.25, -0.2) is 4.98 Å². The first kappa shape index (κ1) is 39.8. The summed E-state index contributed by atoms with van der Waals surface area (Å²) in [5.74, 6) is 0. The normalized spacial score (nSPS) is 11.2. The monoisotopic (exact) mass is 864 g/mol. The van der Waals surface area contributed by atoms with Crippen LogP contribution in [0.25, 0.3) is 111 Å². The molecule has 0 radical (unpaired) electrons. The number of hydrogen-bond acceptors (Lipinski definition) is 4. The van der Waals surface area contributed by atoms with Gasteiger partial charge in [0, 0.05) is 38.2 Å². The van der Waals surface area contributed by atoms with Gasteiger partial charge in [0.1, 0.15) is 0 Å². The number of benzene rings is 9. The van der Waals surface area contributed by atoms with Crippen LogP contribution in [0.5, 0.6) is 0 Å². The zero-order chi connectivity index (χ0) is 45.7. The van der Waals surface area contributed by atoms with E-state index in [9.17, 15) is 15.8 Å². The van der Waals surface area contributed by atoms with E-state index in [0.29, 0.717) is 16.7 Å². The first-order valence-corrected chi connectivity index (χ1v) is 22.4. The maximum atomic E-state index is 11.3. The first-order chi connectivity index (χ1) is 33.6. The summed E-state index contributed by atoms with van der Waals surface area (Å²) in [4.78, 5) is 5.19. The Morgan fingerprint density at radius 2 is 0.706 bits per heavy atom. The van der Waals surface area contributed by atoms with Crippen LogP contribution in [-0.4, -0.2) is 14.1 Å². The second-order valence-corrected chi connectivity index (χ2v) is 16.8. The van der Waals surface area contributed by atoms with Crippen LogP contribution in [0.1, 0.15) is 16.7 Å². The molecule has 0 aliphatic rings. The van der Waals surface area contributed by atoms with E-state index in [2.05, 4.69) is 155 Å². The SMILES string of the molecule is N#Cc1ccccc1-c1ccc2c(c1)c1ccccc1n2-c1cc(C#N)c(-c2cc(-c3ccccc3)nc(-c3ccccc3)c2)cc1-n1c2ccccc2c2cc(-c3ccccc3C#N)ccc21. The van der Waals surface area contributed by atoms with Crippen molar-refractivity contribution in [3.63, 3.8) is 0 Å². The molecule has 6 heteroatoms. The fraction of sp³-hybridized carbons (Fsp3) is 0. The van der Waals surface area contributed by atoms with Crippen molar-refractivity contribution in [2.75, 3.05) is 0 Å². The summed E-state index contributed by atoms with van der Waals surface area (Å²) in [5, 5.41) is 35.7. The number of rotatable bonds is 7. The van der Waals surface area contributed by atoms with Gasteiger partial charge < -0.3 is 9.13 Å². The van der Waals surface area contributed by atoms with Crippen LogP contribution in [0.4, 0.5) is 0 Å². The van der Waals surface area contributed by atoms with Crippen molar-refractivity contribution in [1.29, 1.82) is 15.8 Å². The van der Waals surface area contributed by atoms with Crippen LogP contribution in [0.3, 0.4) is 0 Å². The Hall–Kier alpha value is -9.80. The number of para-hydroxylation sites is 2. The largest absolute Gasteiger partial charge is 0.307 e. The summed E-state index contributed by atoms with van der Waals surface area (Å²) in [6.07, 6.45) is 0. The highest BCUT2D eigenvalue weighted by Gasteiger charge is 2.24. The molecular formula is C62H36N6. The summed E-state index contributed by atoms with van der Waals surface area (Å²) in [6, 6.07) is 81.2. The second-order valence-electron chi connectivity index (χ2n) is 16.8. The third-order valence-corrected chi connectivity index (χ3v) is 13.1. The third kappa shape index (κ3) is 6.51. The number of fused-ring (bicyclic) bond motifs is 6. The van der Waals surface area contributed by atoms with Crippen molar-refractivity contribution >= 4 is 43.6 Å². The van der Waals surface area contributed by atoms with Gasteiger partial charge in [-0.1, -0.05) is 146 Å². The average molecular weight is 865 g/mol. The molecule has 0 saturated heterocycles. The number of nitriles is 3. The van der Waals surface area contributed by atoms with Gasteiger partial charge in [-0.15, -0.1) is 0 Å². The molecule has 12 aromatic rings. The lowest BCUT2D eigenvalue weighted by Crippen LogP contribution is -2.05. The molecular weight excluding hydrogens is 829 g/mol. The predicted octanol–water partition coefficient (Wildman–Crippen LogP) is 15.2. The molecule has 0 fully saturated rings. The van der Waals surface area contributed by atoms with Gasteiger partial charge in [0.05, 0.1) is 79.7 Å². The van der Waals surface area contributed by atoms with Gasteiger partial charge in [-0.3, -0.25) is 0 Å². The quantitative estimate of drug-likeness (QED) is 0.159. The summed E-state index contributed by atoms with van der Waals surface area (Å²) < 4.78 is 4.60. The smallest absolute Gasteiger partial charge is 0.0998 e. The van der Waals surface area contributed by atoms with Crippen LogP contribution < -0.4 is 0 Å². The fourth-order valence-electron chi connectivity index (χ4n) is 9.93. The number of aromatic nitrogens is 3. The average Bonchev–Trinajstić information content (AvgIpc) is 3.92. The molecule has 0 N–H and O–H groups in total. The molecule has 6 nitrogen and oxygen atoms in total. The molecule has 0 aliphatic heterocycles. The standard InChI is InChI=1S/C62H36N6/c63-37-44-19-7-9-21-48(44)42-27-29-59-53(31-42)50-23-11-13-25-57(50)67(59)61-35-47(39-65)52(46-33-55(40-15-3-1-4-16-40)66-56(34-46)41-17-5-2-6-18-41)36-62(61)68-58-26-14-12-24-51(58)54-32-43(28-30-60(54)68)49-22-10-8-20-45(49)38-64/h1-36H. The molecule has 0 aliphatic carbocycles. The lowest BCUT2D eigenvalue weighted by molar-refractivity contribution is 1.09. The summed E-state index contributed by atoms with van der Waals surface area (Å²) in [6.45, 7) is 0. The maximum absolute atomic E-state index is 11.3. The highest BCUT2D eigenvalue weighted by molar-refractivity contribution is 6.13. The second kappa shape index (κ2) is 16.3. The van der Waals surface area contributed by atoms with Gasteiger partial charge in [0.15, 0.2) is 0 Å². The van der Waals surface area contributed by atoms with Crippen molar-refractivity contribution in [1.82, 2.24) is 14.1 Å². The molecule has 9 aromatic carbocycles. The van der Waals surface area contributed by atoms with Gasteiger partial charge in [0.25, 0.3) is 0 Å². The highest BCUT2D eigenvalue weighted by Crippen LogP contribution is 2.43. The Kier molecular flexibility index (Phi) is 9.55.